The number of anilines is 2. The molecule has 1 aliphatic heterocycles. The Balaban J connectivity index is 1.59. The number of amides is 3. The Morgan fingerprint density at radius 2 is 1.80 bits per heavy atom. The van der Waals surface area contributed by atoms with Crippen molar-refractivity contribution in [2.24, 2.45) is 0 Å². The molecule has 0 unspecified atom stereocenters. The molecular weight excluding hydrogens is 382 g/mol. The molecule has 8 heteroatoms. The fourth-order valence-corrected chi connectivity index (χ4v) is 3.53. The lowest BCUT2D eigenvalue weighted by Crippen LogP contribution is -2.38. The number of urea groups is 1. The normalized spacial score (nSPS) is 13.8. The van der Waals surface area contributed by atoms with Crippen molar-refractivity contribution in [3.63, 3.8) is 0 Å². The maximum Gasteiger partial charge on any atom is 0.323 e. The number of nitrogens with one attached hydrogen (secondary N) is 3. The van der Waals surface area contributed by atoms with Crippen molar-refractivity contribution in [2.45, 2.75) is 33.2 Å². The minimum atomic E-state index is -0.511. The molecule has 3 amide bonds. The van der Waals surface area contributed by atoms with E-state index in [4.69, 9.17) is 0 Å². The van der Waals surface area contributed by atoms with Crippen LogP contribution in [0.15, 0.2) is 41.2 Å². The lowest BCUT2D eigenvalue weighted by molar-refractivity contribution is -0.121. The fraction of sp³-hybridized carbons (Fsp3) is 0.409. The highest BCUT2D eigenvalue weighted by Crippen LogP contribution is 2.10. The topological polar surface area (TPSA) is 95.5 Å². The monoisotopic (exact) mass is 411 g/mol. The Morgan fingerprint density at radius 1 is 1.03 bits per heavy atom. The highest BCUT2D eigenvalue weighted by Gasteiger charge is 2.14. The summed E-state index contributed by atoms with van der Waals surface area (Å²) in [5.41, 5.74) is 2.01. The third-order valence-corrected chi connectivity index (χ3v) is 5.17. The van der Waals surface area contributed by atoms with Gasteiger partial charge in [-0.25, -0.2) is 4.79 Å². The van der Waals surface area contributed by atoms with E-state index in [2.05, 4.69) is 20.9 Å². The molecule has 1 aromatic carbocycles. The highest BCUT2D eigenvalue weighted by molar-refractivity contribution is 5.99. The van der Waals surface area contributed by atoms with Gasteiger partial charge < -0.3 is 25.4 Å². The summed E-state index contributed by atoms with van der Waals surface area (Å²) in [5, 5.41) is 8.15. The molecule has 2 aromatic rings. The lowest BCUT2D eigenvalue weighted by atomic mass is 10.2. The Bertz CT molecular complexity index is 963. The van der Waals surface area contributed by atoms with Crippen molar-refractivity contribution in [1.82, 2.24) is 14.8 Å². The summed E-state index contributed by atoms with van der Waals surface area (Å²) in [7, 11) is 0. The molecule has 1 saturated heterocycles. The van der Waals surface area contributed by atoms with Gasteiger partial charge in [-0.3, -0.25) is 9.59 Å². The predicted molar refractivity (Wildman–Crippen MR) is 118 cm³/mol. The molecule has 0 atom stereocenters. The minimum Gasteiger partial charge on any atom is -0.353 e. The molecule has 0 aliphatic carbocycles. The van der Waals surface area contributed by atoms with Gasteiger partial charge in [0.2, 0.25) is 5.91 Å². The molecule has 2 heterocycles. The number of carbonyl (C=O) groups is 2. The summed E-state index contributed by atoms with van der Waals surface area (Å²) in [4.78, 5) is 39.7. The molecule has 3 N–H and O–H groups in total. The smallest absolute Gasteiger partial charge is 0.323 e. The molecule has 0 radical (unpaired) electrons. The average Bonchev–Trinajstić information content (AvgIpc) is 3.21. The van der Waals surface area contributed by atoms with Gasteiger partial charge in [-0.05, 0) is 69.6 Å². The van der Waals surface area contributed by atoms with Crippen molar-refractivity contribution in [1.29, 1.82) is 0 Å². The molecule has 1 aromatic heterocycles. The van der Waals surface area contributed by atoms with Gasteiger partial charge in [0, 0.05) is 24.5 Å². The molecule has 0 saturated carbocycles. The molecule has 0 spiro atoms. The first-order chi connectivity index (χ1) is 14.4. The fourth-order valence-electron chi connectivity index (χ4n) is 3.53. The molecular formula is C22H29N5O3. The van der Waals surface area contributed by atoms with Gasteiger partial charge in [0.25, 0.3) is 5.56 Å². The molecule has 8 nitrogen and oxygen atoms in total. The Morgan fingerprint density at radius 3 is 2.53 bits per heavy atom. The van der Waals surface area contributed by atoms with Crippen molar-refractivity contribution >= 4 is 23.3 Å². The number of aryl methyl sites for hydroxylation is 2. The van der Waals surface area contributed by atoms with E-state index in [1.165, 1.54) is 17.4 Å². The zero-order valence-corrected chi connectivity index (χ0v) is 17.5. The van der Waals surface area contributed by atoms with Gasteiger partial charge in [0.1, 0.15) is 12.2 Å². The average molecular weight is 412 g/mol. The van der Waals surface area contributed by atoms with E-state index in [0.717, 1.165) is 25.2 Å². The first kappa shape index (κ1) is 21.6. The number of rotatable bonds is 7. The van der Waals surface area contributed by atoms with Crippen LogP contribution in [0.2, 0.25) is 0 Å². The van der Waals surface area contributed by atoms with Crippen LogP contribution in [0.25, 0.3) is 0 Å². The van der Waals surface area contributed by atoms with E-state index in [9.17, 15) is 14.4 Å². The van der Waals surface area contributed by atoms with Crippen molar-refractivity contribution in [3.8, 4) is 0 Å². The summed E-state index contributed by atoms with van der Waals surface area (Å²) >= 11 is 0. The maximum absolute atomic E-state index is 12.8. The largest absolute Gasteiger partial charge is 0.353 e. The Hall–Kier alpha value is -3.13. The second kappa shape index (κ2) is 10.1. The second-order valence-corrected chi connectivity index (χ2v) is 7.63. The van der Waals surface area contributed by atoms with Crippen LogP contribution in [-0.4, -0.2) is 47.6 Å². The summed E-state index contributed by atoms with van der Waals surface area (Å²) in [6.45, 7) is 7.14. The van der Waals surface area contributed by atoms with E-state index in [0.29, 0.717) is 17.9 Å². The van der Waals surface area contributed by atoms with Crippen LogP contribution >= 0.6 is 0 Å². The second-order valence-electron chi connectivity index (χ2n) is 7.63. The van der Waals surface area contributed by atoms with Crippen LogP contribution in [0.3, 0.4) is 0 Å². The number of benzene rings is 1. The third-order valence-electron chi connectivity index (χ3n) is 5.17. The molecule has 160 valence electrons. The van der Waals surface area contributed by atoms with Crippen LogP contribution in [0.1, 0.15) is 24.1 Å². The number of nitrogens with zero attached hydrogens (tertiary/aromatic N) is 2. The van der Waals surface area contributed by atoms with E-state index < -0.39 is 11.6 Å². The Labute approximate surface area is 176 Å². The molecule has 1 aliphatic rings. The van der Waals surface area contributed by atoms with Gasteiger partial charge in [-0.15, -0.1) is 0 Å². The highest BCUT2D eigenvalue weighted by atomic mass is 16.2. The molecule has 1 fully saturated rings. The predicted octanol–water partition coefficient (Wildman–Crippen LogP) is 2.32. The lowest BCUT2D eigenvalue weighted by Gasteiger charge is -2.16. The number of aromatic nitrogens is 1. The van der Waals surface area contributed by atoms with Crippen LogP contribution in [0, 0.1) is 13.8 Å². The molecule has 30 heavy (non-hydrogen) atoms. The number of carbonyl (C=O) groups excluding carboxylic acids is 2. The van der Waals surface area contributed by atoms with Gasteiger partial charge >= 0.3 is 6.03 Å². The van der Waals surface area contributed by atoms with E-state index in [-0.39, 0.29) is 18.1 Å². The first-order valence-electron chi connectivity index (χ1n) is 10.3. The summed E-state index contributed by atoms with van der Waals surface area (Å²) in [5.74, 6) is -0.222. The zero-order chi connectivity index (χ0) is 21.5. The van der Waals surface area contributed by atoms with Crippen molar-refractivity contribution in [3.05, 3.63) is 58.0 Å². The van der Waals surface area contributed by atoms with Crippen LogP contribution in [0.4, 0.5) is 16.2 Å². The zero-order valence-electron chi connectivity index (χ0n) is 17.5. The van der Waals surface area contributed by atoms with Gasteiger partial charge in [-0.1, -0.05) is 12.1 Å². The minimum absolute atomic E-state index is 0.0836. The number of hydrogen-bond acceptors (Lipinski definition) is 4. The summed E-state index contributed by atoms with van der Waals surface area (Å²) in [6, 6.07) is 10.1. The Kier molecular flexibility index (Phi) is 7.24. The number of likely N-dealkylation sites (tertiary alicyclic amines) is 1. The van der Waals surface area contributed by atoms with Crippen molar-refractivity contribution in [2.75, 3.05) is 36.8 Å². The van der Waals surface area contributed by atoms with E-state index >= 15 is 0 Å². The van der Waals surface area contributed by atoms with Crippen LogP contribution in [0.5, 0.6) is 0 Å². The molecule has 0 bridgehead atoms. The maximum atomic E-state index is 12.8. The van der Waals surface area contributed by atoms with Gasteiger partial charge in [-0.2, -0.15) is 0 Å². The van der Waals surface area contributed by atoms with Crippen LogP contribution in [-0.2, 0) is 11.3 Å². The number of hydrogen-bond donors (Lipinski definition) is 3. The van der Waals surface area contributed by atoms with Crippen molar-refractivity contribution < 1.29 is 9.59 Å². The number of pyridine rings is 1. The molecule has 3 rings (SSSR count). The van der Waals surface area contributed by atoms with Gasteiger partial charge in [0.15, 0.2) is 0 Å². The summed E-state index contributed by atoms with van der Waals surface area (Å²) < 4.78 is 1.37. The SMILES string of the molecule is Cc1cccc(NC(=O)Nc2ccc(C)n(CC(=O)NCCN3CCCC3)c2=O)c1. The quantitative estimate of drug-likeness (QED) is 0.652. The first-order valence-corrected chi connectivity index (χ1v) is 10.3. The van der Waals surface area contributed by atoms with Crippen LogP contribution < -0.4 is 21.5 Å². The summed E-state index contributed by atoms with van der Waals surface area (Å²) in [6.07, 6.45) is 2.42. The van der Waals surface area contributed by atoms with E-state index in [1.54, 1.807) is 25.1 Å². The van der Waals surface area contributed by atoms with Gasteiger partial charge in [0.05, 0.1) is 0 Å². The standard InChI is InChI=1S/C22H29N5O3/c1-16-6-5-7-18(14-16)24-22(30)25-19-9-8-17(2)27(21(19)29)15-20(28)23-10-13-26-11-3-4-12-26/h5-9,14H,3-4,10-13,15H2,1-2H3,(H,23,28)(H2,24,25,30). The third kappa shape index (κ3) is 5.93. The van der Waals surface area contributed by atoms with E-state index in [1.807, 2.05) is 25.1 Å².